The number of likely N-dealkylation sites (N-methyl/N-ethyl adjacent to an activating group) is 1. The van der Waals surface area contributed by atoms with Crippen molar-refractivity contribution in [3.05, 3.63) is 24.3 Å². The molecule has 0 spiro atoms. The number of carbonyl (C=O) groups is 3. The van der Waals surface area contributed by atoms with Gasteiger partial charge in [-0.3, -0.25) is 14.4 Å². The van der Waals surface area contributed by atoms with Gasteiger partial charge in [-0.05, 0) is 31.9 Å². The lowest BCUT2D eigenvalue weighted by Gasteiger charge is -2.28. The molecule has 1 saturated carbocycles. The van der Waals surface area contributed by atoms with Crippen LogP contribution in [0.5, 0.6) is 0 Å². The Morgan fingerprint density at radius 3 is 2.72 bits per heavy atom. The van der Waals surface area contributed by atoms with Gasteiger partial charge in [0.1, 0.15) is 0 Å². The molecule has 1 aromatic carbocycles. The second-order valence-electron chi connectivity index (χ2n) is 7.03. The van der Waals surface area contributed by atoms with Crippen LogP contribution in [0.15, 0.2) is 24.3 Å². The number of quaternary nitrogens is 1. The number of carbonyl (C=O) groups excluding carboxylic acids is 3. The van der Waals surface area contributed by atoms with Gasteiger partial charge in [-0.15, -0.1) is 0 Å². The number of nitrogens with zero attached hydrogens (tertiary/aromatic N) is 1. The first-order valence-electron chi connectivity index (χ1n) is 8.75. The third kappa shape index (κ3) is 4.36. The van der Waals surface area contributed by atoms with Gasteiger partial charge in [0.25, 0.3) is 11.8 Å². The lowest BCUT2D eigenvalue weighted by atomic mass is 10.1. The molecule has 3 amide bonds. The van der Waals surface area contributed by atoms with E-state index in [0.29, 0.717) is 17.4 Å². The Labute approximate surface area is 147 Å². The van der Waals surface area contributed by atoms with E-state index in [1.54, 1.807) is 11.0 Å². The Morgan fingerprint density at radius 2 is 2.00 bits per heavy atom. The van der Waals surface area contributed by atoms with E-state index < -0.39 is 0 Å². The van der Waals surface area contributed by atoms with Crippen LogP contribution >= 0.6 is 0 Å². The minimum absolute atomic E-state index is 0.0195. The van der Waals surface area contributed by atoms with Crippen molar-refractivity contribution in [1.82, 2.24) is 5.32 Å². The molecule has 1 aliphatic carbocycles. The fraction of sp³-hybridized carbons (Fsp3) is 0.500. The lowest BCUT2D eigenvalue weighted by Crippen LogP contribution is -3.11. The van der Waals surface area contributed by atoms with Crippen molar-refractivity contribution in [2.75, 3.05) is 30.4 Å². The van der Waals surface area contributed by atoms with Crippen LogP contribution in [0, 0.1) is 0 Å². The van der Waals surface area contributed by atoms with Crippen molar-refractivity contribution in [1.29, 1.82) is 0 Å². The van der Waals surface area contributed by atoms with Crippen LogP contribution in [0.3, 0.4) is 0 Å². The number of fused-ring (bicyclic) bond motifs is 1. The molecule has 0 bridgehead atoms. The van der Waals surface area contributed by atoms with Crippen LogP contribution in [0.4, 0.5) is 11.4 Å². The van der Waals surface area contributed by atoms with Crippen LogP contribution < -0.4 is 20.4 Å². The standard InChI is InChI=1S/C18H24N4O3/c1-12-9-16(23)20-14-5-3-4-6-15(14)22(12)18(25)11-21(2)10-17(24)19-13-7-8-13/h3-6,12-13H,7-11H2,1-2H3,(H,19,24)(H,20,23)/p+1/t12-/m1/s1. The first-order valence-corrected chi connectivity index (χ1v) is 8.75. The molecule has 1 heterocycles. The van der Waals surface area contributed by atoms with Gasteiger partial charge in [0, 0.05) is 18.5 Å². The van der Waals surface area contributed by atoms with Crippen LogP contribution in [-0.2, 0) is 14.4 Å². The summed E-state index contributed by atoms with van der Waals surface area (Å²) in [6.45, 7) is 2.34. The molecule has 1 aliphatic heterocycles. The van der Waals surface area contributed by atoms with E-state index in [2.05, 4.69) is 10.6 Å². The van der Waals surface area contributed by atoms with Crippen molar-refractivity contribution >= 4 is 29.1 Å². The molecule has 134 valence electrons. The van der Waals surface area contributed by atoms with Crippen molar-refractivity contribution in [3.8, 4) is 0 Å². The molecule has 2 atom stereocenters. The Morgan fingerprint density at radius 1 is 1.28 bits per heavy atom. The van der Waals surface area contributed by atoms with E-state index in [4.69, 9.17) is 0 Å². The Bertz CT molecular complexity index is 687. The lowest BCUT2D eigenvalue weighted by molar-refractivity contribution is -0.862. The van der Waals surface area contributed by atoms with Crippen LogP contribution in [-0.4, -0.2) is 49.9 Å². The molecule has 7 nitrogen and oxygen atoms in total. The van der Waals surface area contributed by atoms with E-state index in [0.717, 1.165) is 17.7 Å². The molecule has 1 unspecified atom stereocenters. The third-order valence-electron chi connectivity index (χ3n) is 4.49. The van der Waals surface area contributed by atoms with Crippen LogP contribution in [0.1, 0.15) is 26.2 Å². The van der Waals surface area contributed by atoms with Gasteiger partial charge in [0.05, 0.1) is 18.4 Å². The van der Waals surface area contributed by atoms with Gasteiger partial charge in [0.15, 0.2) is 13.1 Å². The number of hydrogen-bond donors (Lipinski definition) is 3. The SMILES string of the molecule is C[C@@H]1CC(=O)Nc2ccccc2N1C(=O)C[NH+](C)CC(=O)NC1CC1. The van der Waals surface area contributed by atoms with Gasteiger partial charge in [-0.2, -0.15) is 0 Å². The zero-order valence-corrected chi connectivity index (χ0v) is 14.7. The Hall–Kier alpha value is -2.41. The maximum absolute atomic E-state index is 12.9. The quantitative estimate of drug-likeness (QED) is 0.676. The summed E-state index contributed by atoms with van der Waals surface area (Å²) < 4.78 is 0. The average Bonchev–Trinajstić information content (AvgIpc) is 3.32. The molecule has 3 N–H and O–H groups in total. The molecule has 0 saturated heterocycles. The number of rotatable bonds is 5. The number of para-hydroxylation sites is 2. The highest BCUT2D eigenvalue weighted by atomic mass is 16.2. The van der Waals surface area contributed by atoms with E-state index in [-0.39, 0.29) is 43.3 Å². The topological polar surface area (TPSA) is 83.0 Å². The molecule has 7 heteroatoms. The predicted octanol–water partition coefficient (Wildman–Crippen LogP) is -0.456. The monoisotopic (exact) mass is 345 g/mol. The number of benzene rings is 1. The van der Waals surface area contributed by atoms with Gasteiger partial charge >= 0.3 is 0 Å². The number of anilines is 2. The van der Waals surface area contributed by atoms with E-state index in [1.807, 2.05) is 32.2 Å². The summed E-state index contributed by atoms with van der Waals surface area (Å²) in [7, 11) is 1.84. The molecular weight excluding hydrogens is 320 g/mol. The normalized spacial score (nSPS) is 21.0. The smallest absolute Gasteiger partial charge is 0.282 e. The zero-order chi connectivity index (χ0) is 18.0. The van der Waals surface area contributed by atoms with Gasteiger partial charge in [-0.1, -0.05) is 12.1 Å². The molecule has 1 fully saturated rings. The highest BCUT2D eigenvalue weighted by Gasteiger charge is 2.31. The summed E-state index contributed by atoms with van der Waals surface area (Å²) in [5.74, 6) is -0.207. The minimum Gasteiger partial charge on any atom is -0.348 e. The van der Waals surface area contributed by atoms with E-state index in [1.165, 1.54) is 0 Å². The highest BCUT2D eigenvalue weighted by molar-refractivity contribution is 6.04. The average molecular weight is 345 g/mol. The summed E-state index contributed by atoms with van der Waals surface area (Å²) in [6.07, 6.45) is 2.35. The molecule has 2 aliphatic rings. The maximum Gasteiger partial charge on any atom is 0.282 e. The molecular formula is C18H25N4O3+. The van der Waals surface area contributed by atoms with Crippen molar-refractivity contribution in [2.45, 2.75) is 38.3 Å². The predicted molar refractivity (Wildman–Crippen MR) is 94.4 cm³/mol. The molecule has 0 aromatic heterocycles. The number of nitrogens with one attached hydrogen (secondary N) is 3. The van der Waals surface area contributed by atoms with Gasteiger partial charge in [-0.25, -0.2) is 0 Å². The van der Waals surface area contributed by atoms with Crippen molar-refractivity contribution in [3.63, 3.8) is 0 Å². The Kier molecular flexibility index (Phi) is 5.03. The molecule has 0 radical (unpaired) electrons. The van der Waals surface area contributed by atoms with Gasteiger partial charge < -0.3 is 20.4 Å². The Balaban J connectivity index is 1.69. The molecule has 3 rings (SSSR count). The summed E-state index contributed by atoms with van der Waals surface area (Å²) >= 11 is 0. The van der Waals surface area contributed by atoms with E-state index >= 15 is 0 Å². The maximum atomic E-state index is 12.9. The fourth-order valence-corrected chi connectivity index (χ4v) is 3.15. The van der Waals surface area contributed by atoms with Crippen LogP contribution in [0.25, 0.3) is 0 Å². The highest BCUT2D eigenvalue weighted by Crippen LogP contribution is 2.30. The molecule has 25 heavy (non-hydrogen) atoms. The van der Waals surface area contributed by atoms with Gasteiger partial charge in [0.2, 0.25) is 5.91 Å². The fourth-order valence-electron chi connectivity index (χ4n) is 3.15. The van der Waals surface area contributed by atoms with Crippen LogP contribution in [0.2, 0.25) is 0 Å². The minimum atomic E-state index is -0.232. The zero-order valence-electron chi connectivity index (χ0n) is 14.7. The largest absolute Gasteiger partial charge is 0.348 e. The summed E-state index contributed by atoms with van der Waals surface area (Å²) in [5.41, 5.74) is 1.36. The second kappa shape index (κ2) is 7.23. The summed E-state index contributed by atoms with van der Waals surface area (Å²) in [4.78, 5) is 39.3. The second-order valence-corrected chi connectivity index (χ2v) is 7.03. The van der Waals surface area contributed by atoms with E-state index in [9.17, 15) is 14.4 Å². The third-order valence-corrected chi connectivity index (χ3v) is 4.49. The first-order chi connectivity index (χ1) is 11.9. The molecule has 1 aromatic rings. The van der Waals surface area contributed by atoms with Crippen molar-refractivity contribution < 1.29 is 19.3 Å². The first kappa shape index (κ1) is 17.4. The summed E-state index contributed by atoms with van der Waals surface area (Å²) in [6, 6.07) is 7.41. The number of hydrogen-bond acceptors (Lipinski definition) is 3. The summed E-state index contributed by atoms with van der Waals surface area (Å²) in [5, 5.41) is 5.79. The van der Waals surface area contributed by atoms with Crippen molar-refractivity contribution in [2.24, 2.45) is 0 Å². The number of amides is 3.